The van der Waals surface area contributed by atoms with Gasteiger partial charge in [-0.2, -0.15) is 8.42 Å². The average Bonchev–Trinajstić information content (AvgIpc) is 2.25. The molecular formula is C13H22O4SSi. The summed E-state index contributed by atoms with van der Waals surface area (Å²) in [5.41, 5.74) is 1.00. The van der Waals surface area contributed by atoms with E-state index in [9.17, 15) is 8.42 Å². The van der Waals surface area contributed by atoms with Crippen molar-refractivity contribution in [2.24, 2.45) is 0 Å². The van der Waals surface area contributed by atoms with Crippen LogP contribution in [0.5, 0.6) is 0 Å². The Morgan fingerprint density at radius 2 is 1.68 bits per heavy atom. The van der Waals surface area contributed by atoms with E-state index in [0.29, 0.717) is 6.23 Å². The lowest BCUT2D eigenvalue weighted by Gasteiger charge is -2.20. The first-order valence-electron chi connectivity index (χ1n) is 6.22. The second-order valence-electron chi connectivity index (χ2n) is 5.80. The highest BCUT2D eigenvalue weighted by Gasteiger charge is 2.21. The molecule has 0 heterocycles. The molecule has 0 aliphatic rings. The highest BCUT2D eigenvalue weighted by Crippen LogP contribution is 2.16. The summed E-state index contributed by atoms with van der Waals surface area (Å²) in [4.78, 5) is 0.154. The van der Waals surface area contributed by atoms with Crippen LogP contribution in [0.3, 0.4) is 0 Å². The molecule has 19 heavy (non-hydrogen) atoms. The van der Waals surface area contributed by atoms with Gasteiger partial charge in [0.25, 0.3) is 10.1 Å². The number of hydrogen-bond acceptors (Lipinski definition) is 4. The van der Waals surface area contributed by atoms with Crippen molar-refractivity contribution in [2.45, 2.75) is 44.7 Å². The van der Waals surface area contributed by atoms with Gasteiger partial charge in [-0.05, 0) is 26.0 Å². The van der Waals surface area contributed by atoms with E-state index in [1.54, 1.807) is 19.1 Å². The Balaban J connectivity index is 2.67. The molecule has 0 aliphatic carbocycles. The van der Waals surface area contributed by atoms with Crippen molar-refractivity contribution in [1.29, 1.82) is 0 Å². The molecule has 0 bridgehead atoms. The van der Waals surface area contributed by atoms with E-state index in [1.807, 2.05) is 6.92 Å². The monoisotopic (exact) mass is 302 g/mol. The average molecular weight is 302 g/mol. The molecule has 1 unspecified atom stereocenters. The van der Waals surface area contributed by atoms with Gasteiger partial charge in [-0.15, -0.1) is 0 Å². The molecule has 4 nitrogen and oxygen atoms in total. The van der Waals surface area contributed by atoms with E-state index in [-0.39, 0.29) is 4.90 Å². The number of ether oxygens (including phenoxy) is 1. The van der Waals surface area contributed by atoms with E-state index in [1.165, 1.54) is 12.1 Å². The van der Waals surface area contributed by atoms with Gasteiger partial charge < -0.3 is 4.74 Å². The fourth-order valence-corrected chi connectivity index (χ4v) is 3.06. The molecule has 1 aromatic carbocycles. The Bertz CT molecular complexity index is 502. The first-order chi connectivity index (χ1) is 8.60. The summed E-state index contributed by atoms with van der Waals surface area (Å²) in [5, 5.41) is 0. The maximum atomic E-state index is 12.0. The summed E-state index contributed by atoms with van der Waals surface area (Å²) < 4.78 is 34.5. The Kier molecular flexibility index (Phi) is 5.31. The lowest BCUT2D eigenvalue weighted by atomic mass is 10.2. The Morgan fingerprint density at radius 1 is 1.16 bits per heavy atom. The smallest absolute Gasteiger partial charge is 0.299 e. The van der Waals surface area contributed by atoms with Crippen molar-refractivity contribution in [3.8, 4) is 0 Å². The van der Waals surface area contributed by atoms with Crippen LogP contribution in [0, 0.1) is 6.92 Å². The van der Waals surface area contributed by atoms with Crippen LogP contribution in [0.25, 0.3) is 0 Å². The zero-order chi connectivity index (χ0) is 14.7. The van der Waals surface area contributed by atoms with Crippen LogP contribution in [-0.2, 0) is 19.0 Å². The Labute approximate surface area is 116 Å². The van der Waals surface area contributed by atoms with Gasteiger partial charge in [-0.1, -0.05) is 37.3 Å². The summed E-state index contributed by atoms with van der Waals surface area (Å²) in [6.45, 7) is 9.94. The first kappa shape index (κ1) is 16.4. The van der Waals surface area contributed by atoms with Gasteiger partial charge in [0.15, 0.2) is 6.29 Å². The minimum absolute atomic E-state index is 0.154. The fourth-order valence-electron chi connectivity index (χ4n) is 1.33. The minimum atomic E-state index is -3.75. The quantitative estimate of drug-likeness (QED) is 0.460. The van der Waals surface area contributed by atoms with Gasteiger partial charge >= 0.3 is 0 Å². The highest BCUT2D eigenvalue weighted by molar-refractivity contribution is 7.86. The Hall–Kier alpha value is -0.693. The van der Waals surface area contributed by atoms with Crippen molar-refractivity contribution in [1.82, 2.24) is 0 Å². The third-order valence-corrected chi connectivity index (χ3v) is 4.73. The van der Waals surface area contributed by atoms with Gasteiger partial charge in [0, 0.05) is 6.23 Å². The van der Waals surface area contributed by atoms with E-state index in [4.69, 9.17) is 8.92 Å². The summed E-state index contributed by atoms with van der Waals surface area (Å²) >= 11 is 0. The normalized spacial score (nSPS) is 14.4. The fraction of sp³-hybridized carbons (Fsp3) is 0.538. The Morgan fingerprint density at radius 3 is 2.16 bits per heavy atom. The summed E-state index contributed by atoms with van der Waals surface area (Å²) in [5.74, 6) is 0. The molecule has 0 aromatic heterocycles. The minimum Gasteiger partial charge on any atom is -0.355 e. The lowest BCUT2D eigenvalue weighted by Crippen LogP contribution is -2.32. The zero-order valence-corrected chi connectivity index (χ0v) is 14.0. The van der Waals surface area contributed by atoms with E-state index >= 15 is 0 Å². The lowest BCUT2D eigenvalue weighted by molar-refractivity contribution is -0.0455. The molecule has 0 saturated carbocycles. The van der Waals surface area contributed by atoms with Gasteiger partial charge in [0.2, 0.25) is 0 Å². The molecule has 0 aliphatic heterocycles. The van der Waals surface area contributed by atoms with Crippen molar-refractivity contribution in [2.75, 3.05) is 6.23 Å². The van der Waals surface area contributed by atoms with E-state index in [0.717, 1.165) is 5.56 Å². The number of benzene rings is 1. The highest BCUT2D eigenvalue weighted by atomic mass is 32.2. The summed E-state index contributed by atoms with van der Waals surface area (Å²) in [6, 6.07) is 6.56. The van der Waals surface area contributed by atoms with Gasteiger partial charge in [0.1, 0.15) is 0 Å². The maximum absolute atomic E-state index is 12.0. The molecule has 108 valence electrons. The van der Waals surface area contributed by atoms with Crippen molar-refractivity contribution in [3.63, 3.8) is 0 Å². The number of hydrogen-bond donors (Lipinski definition) is 0. The standard InChI is InChI=1S/C13H22O4SSi/c1-11-6-8-13(9-7-11)18(14,15)17-12(2)16-10-19(3,4)5/h6-9,12H,10H2,1-5H3. The van der Waals surface area contributed by atoms with Crippen LogP contribution in [0.2, 0.25) is 19.6 Å². The summed E-state index contributed by atoms with van der Waals surface area (Å²) in [6.07, 6.45) is -0.199. The second-order valence-corrected chi connectivity index (χ2v) is 12.8. The summed E-state index contributed by atoms with van der Waals surface area (Å²) in [7, 11) is -5.13. The molecular weight excluding hydrogens is 280 g/mol. The van der Waals surface area contributed by atoms with Crippen LogP contribution in [-0.4, -0.2) is 29.0 Å². The first-order valence-corrected chi connectivity index (χ1v) is 11.3. The zero-order valence-electron chi connectivity index (χ0n) is 12.1. The van der Waals surface area contributed by atoms with Crippen LogP contribution < -0.4 is 0 Å². The van der Waals surface area contributed by atoms with Gasteiger partial charge in [-0.3, -0.25) is 0 Å². The molecule has 0 spiro atoms. The van der Waals surface area contributed by atoms with E-state index < -0.39 is 24.5 Å². The molecule has 1 aromatic rings. The third-order valence-electron chi connectivity index (χ3n) is 2.32. The second kappa shape index (κ2) is 6.17. The molecule has 1 rings (SSSR count). The van der Waals surface area contributed by atoms with Crippen molar-refractivity contribution >= 4 is 18.2 Å². The molecule has 0 saturated heterocycles. The largest absolute Gasteiger partial charge is 0.355 e. The number of aryl methyl sites for hydroxylation is 1. The predicted molar refractivity (Wildman–Crippen MR) is 78.2 cm³/mol. The predicted octanol–water partition coefficient (Wildman–Crippen LogP) is 2.94. The molecule has 1 atom stereocenters. The maximum Gasteiger partial charge on any atom is 0.299 e. The molecule has 0 N–H and O–H groups in total. The van der Waals surface area contributed by atoms with Crippen LogP contribution in [0.15, 0.2) is 29.2 Å². The van der Waals surface area contributed by atoms with E-state index in [2.05, 4.69) is 19.6 Å². The van der Waals surface area contributed by atoms with Gasteiger partial charge in [-0.25, -0.2) is 4.18 Å². The van der Waals surface area contributed by atoms with Crippen molar-refractivity contribution in [3.05, 3.63) is 29.8 Å². The molecule has 0 amide bonds. The third kappa shape index (κ3) is 5.86. The topological polar surface area (TPSA) is 52.6 Å². The van der Waals surface area contributed by atoms with Gasteiger partial charge in [0.05, 0.1) is 13.0 Å². The molecule has 6 heteroatoms. The van der Waals surface area contributed by atoms with Crippen LogP contribution in [0.4, 0.5) is 0 Å². The number of rotatable bonds is 6. The SMILES string of the molecule is Cc1ccc(S(=O)(=O)OC(C)OC[Si](C)(C)C)cc1. The molecule has 0 radical (unpaired) electrons. The van der Waals surface area contributed by atoms with Crippen LogP contribution in [0.1, 0.15) is 12.5 Å². The van der Waals surface area contributed by atoms with Crippen LogP contribution >= 0.6 is 0 Å². The molecule has 0 fully saturated rings. The van der Waals surface area contributed by atoms with Crippen molar-refractivity contribution < 1.29 is 17.3 Å².